The van der Waals surface area contributed by atoms with Crippen molar-refractivity contribution < 1.29 is 4.79 Å². The first-order valence-corrected chi connectivity index (χ1v) is 7.70. The molecular formula is C15H27ClN2O. The minimum Gasteiger partial charge on any atom is -0.346 e. The molecule has 3 rings (SSSR count). The summed E-state index contributed by atoms with van der Waals surface area (Å²) in [6.07, 6.45) is 9.88. The van der Waals surface area contributed by atoms with Gasteiger partial charge in [-0.1, -0.05) is 12.8 Å². The lowest BCUT2D eigenvalue weighted by Crippen LogP contribution is -2.40. The Morgan fingerprint density at radius 1 is 1.11 bits per heavy atom. The molecule has 3 fully saturated rings. The van der Waals surface area contributed by atoms with Gasteiger partial charge in [0.25, 0.3) is 0 Å². The summed E-state index contributed by atoms with van der Waals surface area (Å²) in [4.78, 5) is 14.2. The van der Waals surface area contributed by atoms with Gasteiger partial charge < -0.3 is 10.2 Å². The molecule has 0 spiro atoms. The van der Waals surface area contributed by atoms with E-state index in [9.17, 15) is 4.79 Å². The molecule has 2 bridgehead atoms. The first-order valence-electron chi connectivity index (χ1n) is 7.70. The van der Waals surface area contributed by atoms with Crippen molar-refractivity contribution in [3.63, 3.8) is 0 Å². The fourth-order valence-corrected chi connectivity index (χ4v) is 3.65. The lowest BCUT2D eigenvalue weighted by atomic mass is 9.89. The maximum atomic E-state index is 12.2. The molecule has 1 aliphatic carbocycles. The summed E-state index contributed by atoms with van der Waals surface area (Å²) in [5.41, 5.74) is 0. The van der Waals surface area contributed by atoms with Crippen LogP contribution in [0, 0.1) is 11.8 Å². The van der Waals surface area contributed by atoms with E-state index in [0.29, 0.717) is 23.9 Å². The van der Waals surface area contributed by atoms with Gasteiger partial charge in [0.1, 0.15) is 0 Å². The second-order valence-electron chi connectivity index (χ2n) is 6.73. The normalized spacial score (nSPS) is 32.8. The van der Waals surface area contributed by atoms with Crippen molar-refractivity contribution in [2.24, 2.45) is 11.8 Å². The second-order valence-corrected chi connectivity index (χ2v) is 6.73. The molecule has 0 aromatic carbocycles. The molecule has 2 atom stereocenters. The Morgan fingerprint density at radius 2 is 1.74 bits per heavy atom. The smallest absolute Gasteiger partial charge is 0.222 e. The van der Waals surface area contributed by atoms with Crippen LogP contribution in [0.5, 0.6) is 0 Å². The molecular weight excluding hydrogens is 260 g/mol. The Balaban J connectivity index is 0.00000133. The number of carbonyl (C=O) groups is 1. The molecule has 110 valence electrons. The average molecular weight is 287 g/mol. The predicted octanol–water partition coefficient (Wildman–Crippen LogP) is 2.59. The zero-order valence-electron chi connectivity index (χ0n) is 11.9. The summed E-state index contributed by atoms with van der Waals surface area (Å²) < 4.78 is 0. The van der Waals surface area contributed by atoms with E-state index in [2.05, 4.69) is 5.32 Å². The fraction of sp³-hybridized carbons (Fsp3) is 0.933. The summed E-state index contributed by atoms with van der Waals surface area (Å²) in [6, 6.07) is 1.41. The third-order valence-electron chi connectivity index (χ3n) is 5.03. The topological polar surface area (TPSA) is 32.3 Å². The molecule has 1 amide bonds. The largest absolute Gasteiger partial charge is 0.346 e. The summed E-state index contributed by atoms with van der Waals surface area (Å²) in [7, 11) is 1.99. The van der Waals surface area contributed by atoms with Gasteiger partial charge in [-0.05, 0) is 43.9 Å². The minimum absolute atomic E-state index is 0. The third-order valence-corrected chi connectivity index (χ3v) is 5.03. The van der Waals surface area contributed by atoms with Gasteiger partial charge >= 0.3 is 0 Å². The van der Waals surface area contributed by atoms with Gasteiger partial charge in [0.05, 0.1) is 0 Å². The van der Waals surface area contributed by atoms with Gasteiger partial charge in [-0.25, -0.2) is 0 Å². The van der Waals surface area contributed by atoms with E-state index < -0.39 is 0 Å². The number of fused-ring (bicyclic) bond motifs is 2. The highest BCUT2D eigenvalue weighted by Gasteiger charge is 2.34. The van der Waals surface area contributed by atoms with Crippen LogP contribution in [0.2, 0.25) is 0 Å². The van der Waals surface area contributed by atoms with Crippen LogP contribution in [-0.4, -0.2) is 36.5 Å². The van der Waals surface area contributed by atoms with Gasteiger partial charge in [0.15, 0.2) is 0 Å². The van der Waals surface area contributed by atoms with Crippen LogP contribution in [0.4, 0.5) is 0 Å². The molecule has 0 aromatic heterocycles. The summed E-state index contributed by atoms with van der Waals surface area (Å²) in [5.74, 6) is 1.94. The quantitative estimate of drug-likeness (QED) is 0.842. The average Bonchev–Trinajstić information content (AvgIpc) is 3.12. The second kappa shape index (κ2) is 6.45. The Morgan fingerprint density at radius 3 is 2.32 bits per heavy atom. The summed E-state index contributed by atoms with van der Waals surface area (Å²) >= 11 is 0. The van der Waals surface area contributed by atoms with E-state index in [0.717, 1.165) is 18.9 Å². The van der Waals surface area contributed by atoms with E-state index in [4.69, 9.17) is 0 Å². The van der Waals surface area contributed by atoms with Crippen molar-refractivity contribution in [2.75, 3.05) is 13.6 Å². The Kier molecular flexibility index (Phi) is 5.13. The van der Waals surface area contributed by atoms with E-state index >= 15 is 0 Å². The van der Waals surface area contributed by atoms with Gasteiger partial charge in [0, 0.05) is 32.1 Å². The van der Waals surface area contributed by atoms with Crippen molar-refractivity contribution in [1.82, 2.24) is 10.2 Å². The molecule has 4 heteroatoms. The Labute approximate surface area is 122 Å². The fourth-order valence-electron chi connectivity index (χ4n) is 3.65. The van der Waals surface area contributed by atoms with Crippen LogP contribution in [0.25, 0.3) is 0 Å². The molecule has 19 heavy (non-hydrogen) atoms. The van der Waals surface area contributed by atoms with Crippen LogP contribution in [0.15, 0.2) is 0 Å². The monoisotopic (exact) mass is 286 g/mol. The van der Waals surface area contributed by atoms with Crippen LogP contribution < -0.4 is 5.32 Å². The van der Waals surface area contributed by atoms with Gasteiger partial charge in [-0.15, -0.1) is 12.4 Å². The molecule has 0 radical (unpaired) electrons. The molecule has 2 saturated heterocycles. The van der Waals surface area contributed by atoms with Crippen LogP contribution >= 0.6 is 12.4 Å². The Bertz CT molecular complexity index is 307. The van der Waals surface area contributed by atoms with Gasteiger partial charge in [-0.3, -0.25) is 4.79 Å². The van der Waals surface area contributed by atoms with E-state index in [-0.39, 0.29) is 12.4 Å². The highest BCUT2D eigenvalue weighted by atomic mass is 35.5. The molecule has 1 saturated carbocycles. The number of amides is 1. The highest BCUT2D eigenvalue weighted by molar-refractivity contribution is 5.85. The standard InChI is InChI=1S/C15H26N2O.ClH/c1-17(7-6-11-2-3-11)15(18)10-12-8-13-4-5-14(9-12)16-13;/h11-14,16H,2-10H2,1H3;1H. The third kappa shape index (κ3) is 4.09. The lowest BCUT2D eigenvalue weighted by Gasteiger charge is -2.30. The van der Waals surface area contributed by atoms with Crippen LogP contribution in [0.1, 0.15) is 51.4 Å². The number of rotatable bonds is 5. The highest BCUT2D eigenvalue weighted by Crippen LogP contribution is 2.34. The first kappa shape index (κ1) is 15.1. The van der Waals surface area contributed by atoms with E-state index in [1.807, 2.05) is 11.9 Å². The number of piperidine rings is 1. The number of nitrogens with one attached hydrogen (secondary N) is 1. The Hall–Kier alpha value is -0.280. The number of hydrogen-bond donors (Lipinski definition) is 1. The first-order chi connectivity index (χ1) is 8.70. The van der Waals surface area contributed by atoms with Crippen LogP contribution in [0.3, 0.4) is 0 Å². The summed E-state index contributed by atoms with van der Waals surface area (Å²) in [5, 5.41) is 3.65. The maximum absolute atomic E-state index is 12.2. The van der Waals surface area contributed by atoms with Crippen molar-refractivity contribution in [1.29, 1.82) is 0 Å². The zero-order valence-corrected chi connectivity index (χ0v) is 12.8. The molecule has 2 aliphatic heterocycles. The molecule has 0 aromatic rings. The number of halogens is 1. The lowest BCUT2D eigenvalue weighted by molar-refractivity contribution is -0.131. The van der Waals surface area contributed by atoms with E-state index in [1.165, 1.54) is 44.9 Å². The molecule has 2 heterocycles. The van der Waals surface area contributed by atoms with Crippen molar-refractivity contribution in [2.45, 2.75) is 63.5 Å². The molecule has 3 aliphatic rings. The van der Waals surface area contributed by atoms with Crippen molar-refractivity contribution in [3.8, 4) is 0 Å². The summed E-state index contributed by atoms with van der Waals surface area (Å²) in [6.45, 7) is 0.974. The minimum atomic E-state index is 0. The number of nitrogens with zero attached hydrogens (tertiary/aromatic N) is 1. The molecule has 3 nitrogen and oxygen atoms in total. The SMILES string of the molecule is CN(CCC1CC1)C(=O)CC1CC2CCC(C1)N2.Cl. The van der Waals surface area contributed by atoms with E-state index in [1.54, 1.807) is 0 Å². The van der Waals surface area contributed by atoms with Gasteiger partial charge in [-0.2, -0.15) is 0 Å². The molecule has 2 unspecified atom stereocenters. The van der Waals surface area contributed by atoms with Crippen molar-refractivity contribution >= 4 is 18.3 Å². The maximum Gasteiger partial charge on any atom is 0.222 e. The predicted molar refractivity (Wildman–Crippen MR) is 79.5 cm³/mol. The van der Waals surface area contributed by atoms with Crippen LogP contribution in [-0.2, 0) is 4.79 Å². The zero-order chi connectivity index (χ0) is 12.5. The molecule has 1 N–H and O–H groups in total. The number of hydrogen-bond acceptors (Lipinski definition) is 2. The number of carbonyl (C=O) groups excluding carboxylic acids is 1. The van der Waals surface area contributed by atoms with Crippen molar-refractivity contribution in [3.05, 3.63) is 0 Å². The van der Waals surface area contributed by atoms with Gasteiger partial charge in [0.2, 0.25) is 5.91 Å².